The van der Waals surface area contributed by atoms with E-state index >= 15 is 0 Å². The summed E-state index contributed by atoms with van der Waals surface area (Å²) >= 11 is 1.83. The summed E-state index contributed by atoms with van der Waals surface area (Å²) in [7, 11) is 2.02. The van der Waals surface area contributed by atoms with Crippen molar-refractivity contribution in [1.29, 1.82) is 0 Å². The average molecular weight is 306 g/mol. The number of hydrogen-bond donors (Lipinski definition) is 0. The molecule has 0 radical (unpaired) electrons. The Morgan fingerprint density at radius 2 is 2.14 bits per heavy atom. The van der Waals surface area contributed by atoms with Gasteiger partial charge in [0, 0.05) is 11.6 Å². The van der Waals surface area contributed by atoms with E-state index in [-0.39, 0.29) is 18.1 Å². The van der Waals surface area contributed by atoms with Crippen LogP contribution in [0.25, 0.3) is 0 Å². The van der Waals surface area contributed by atoms with Crippen LogP contribution >= 0.6 is 11.8 Å². The molecule has 0 aliphatic carbocycles. The summed E-state index contributed by atoms with van der Waals surface area (Å²) in [6.45, 7) is 3.56. The van der Waals surface area contributed by atoms with Gasteiger partial charge in [-0.15, -0.1) is 11.8 Å². The summed E-state index contributed by atoms with van der Waals surface area (Å²) < 4.78 is 6.03. The van der Waals surface area contributed by atoms with Crippen LogP contribution in [0.15, 0.2) is 24.3 Å². The van der Waals surface area contributed by atoms with Gasteiger partial charge in [-0.05, 0) is 25.1 Å². The molecule has 2 aliphatic rings. The molecule has 0 spiro atoms. The number of aryl methyl sites for hydroxylation is 1. The van der Waals surface area contributed by atoms with E-state index in [1.807, 2.05) is 41.9 Å². The molecule has 2 aliphatic heterocycles. The number of likely N-dealkylation sites (N-methyl/N-ethyl adjacent to an activating group) is 1. The number of likely N-dealkylation sites (tertiary alicyclic amines) is 1. The summed E-state index contributed by atoms with van der Waals surface area (Å²) in [6.07, 6.45) is 1.11. The van der Waals surface area contributed by atoms with E-state index < -0.39 is 0 Å². The third-order valence-corrected chi connectivity index (χ3v) is 5.34. The topological polar surface area (TPSA) is 32.8 Å². The molecular formula is C16H22N2O2S. The Balaban J connectivity index is 1.53. The summed E-state index contributed by atoms with van der Waals surface area (Å²) in [5.41, 5.74) is 1.23. The van der Waals surface area contributed by atoms with Crippen LogP contribution in [0.1, 0.15) is 12.5 Å². The van der Waals surface area contributed by atoms with Crippen molar-refractivity contribution >= 4 is 17.7 Å². The fraction of sp³-hybridized carbons (Fsp3) is 0.562. The lowest BCUT2D eigenvalue weighted by Crippen LogP contribution is -2.60. The quantitative estimate of drug-likeness (QED) is 0.850. The largest absolute Gasteiger partial charge is 0.486 e. The second kappa shape index (κ2) is 6.28. The van der Waals surface area contributed by atoms with E-state index in [0.29, 0.717) is 13.1 Å². The smallest absolute Gasteiger partial charge is 0.241 e. The Morgan fingerprint density at radius 3 is 2.81 bits per heavy atom. The van der Waals surface area contributed by atoms with Crippen molar-refractivity contribution in [2.24, 2.45) is 0 Å². The zero-order chi connectivity index (χ0) is 14.8. The fourth-order valence-electron chi connectivity index (χ4n) is 2.78. The highest BCUT2D eigenvalue weighted by molar-refractivity contribution is 7.99. The second-order valence-electron chi connectivity index (χ2n) is 5.72. The molecule has 1 aromatic rings. The molecule has 0 bridgehead atoms. The van der Waals surface area contributed by atoms with Crippen LogP contribution < -0.4 is 4.74 Å². The summed E-state index contributed by atoms with van der Waals surface area (Å²) in [5, 5.41) is 0. The van der Waals surface area contributed by atoms with Gasteiger partial charge in [-0.1, -0.05) is 25.1 Å². The predicted molar refractivity (Wildman–Crippen MR) is 85.7 cm³/mol. The van der Waals surface area contributed by atoms with E-state index in [4.69, 9.17) is 4.74 Å². The summed E-state index contributed by atoms with van der Waals surface area (Å²) in [4.78, 5) is 16.4. The highest BCUT2D eigenvalue weighted by Gasteiger charge is 2.39. The number of hydrogen-bond acceptors (Lipinski definition) is 4. The van der Waals surface area contributed by atoms with Gasteiger partial charge in [0.05, 0.1) is 19.1 Å². The average Bonchev–Trinajstić information content (AvgIpc) is 2.88. The number of thioether (sulfide) groups is 1. The van der Waals surface area contributed by atoms with E-state index in [9.17, 15) is 4.79 Å². The van der Waals surface area contributed by atoms with Gasteiger partial charge < -0.3 is 9.64 Å². The first-order chi connectivity index (χ1) is 10.2. The lowest BCUT2D eigenvalue weighted by Gasteiger charge is -2.41. The number of benzene rings is 1. The molecule has 0 unspecified atom stereocenters. The predicted octanol–water partition coefficient (Wildman–Crippen LogP) is 1.84. The monoisotopic (exact) mass is 306 g/mol. The molecule has 3 rings (SSSR count). The molecular weight excluding hydrogens is 284 g/mol. The molecule has 114 valence electrons. The first-order valence-corrected chi connectivity index (χ1v) is 8.66. The van der Waals surface area contributed by atoms with Gasteiger partial charge in [-0.3, -0.25) is 9.69 Å². The van der Waals surface area contributed by atoms with Gasteiger partial charge in [0.2, 0.25) is 5.91 Å². The lowest BCUT2D eigenvalue weighted by atomic mass is 10.1. The van der Waals surface area contributed by atoms with E-state index in [0.717, 1.165) is 23.8 Å². The fourth-order valence-corrected chi connectivity index (χ4v) is 3.97. The molecule has 0 saturated carbocycles. The Kier molecular flexibility index (Phi) is 4.40. The van der Waals surface area contributed by atoms with Crippen LogP contribution in [0.4, 0.5) is 0 Å². The van der Waals surface area contributed by atoms with Gasteiger partial charge in [-0.2, -0.15) is 0 Å². The summed E-state index contributed by atoms with van der Waals surface area (Å²) in [6, 6.07) is 8.21. The second-order valence-corrected chi connectivity index (χ2v) is 6.72. The van der Waals surface area contributed by atoms with Crippen molar-refractivity contribution in [3.05, 3.63) is 29.8 Å². The number of rotatable bonds is 4. The molecule has 0 aromatic heterocycles. The van der Waals surface area contributed by atoms with Crippen LogP contribution in [-0.2, 0) is 11.2 Å². The van der Waals surface area contributed by atoms with Crippen molar-refractivity contribution in [1.82, 2.24) is 9.80 Å². The normalized spacial score (nSPS) is 23.1. The third kappa shape index (κ3) is 3.04. The Morgan fingerprint density at radius 1 is 1.38 bits per heavy atom. The molecule has 2 heterocycles. The molecule has 1 amide bonds. The Labute approximate surface area is 130 Å². The standard InChI is InChI=1S/C16H22N2O2S/c1-3-12-6-4-5-7-15(12)20-13-8-18(9-13)16(19)14-10-21-11-17(14)2/h4-7,13-14H,3,8-11H2,1-2H3/t14-/m0/s1. The van der Waals surface area contributed by atoms with Crippen molar-refractivity contribution in [2.75, 3.05) is 31.8 Å². The maximum absolute atomic E-state index is 12.4. The number of carbonyl (C=O) groups is 1. The first kappa shape index (κ1) is 14.7. The minimum Gasteiger partial charge on any atom is -0.486 e. The highest BCUT2D eigenvalue weighted by Crippen LogP contribution is 2.26. The molecule has 2 saturated heterocycles. The van der Waals surface area contributed by atoms with Crippen LogP contribution in [0.5, 0.6) is 5.75 Å². The van der Waals surface area contributed by atoms with Gasteiger partial charge in [0.1, 0.15) is 11.9 Å². The van der Waals surface area contributed by atoms with Crippen molar-refractivity contribution in [3.63, 3.8) is 0 Å². The van der Waals surface area contributed by atoms with Crippen molar-refractivity contribution in [3.8, 4) is 5.75 Å². The van der Waals surface area contributed by atoms with Crippen LogP contribution in [0, 0.1) is 0 Å². The van der Waals surface area contributed by atoms with Crippen LogP contribution in [-0.4, -0.2) is 59.6 Å². The molecule has 1 atom stereocenters. The minimum absolute atomic E-state index is 0.0545. The Bertz CT molecular complexity index is 517. The molecule has 4 nitrogen and oxygen atoms in total. The number of amides is 1. The lowest BCUT2D eigenvalue weighted by molar-refractivity contribution is -0.144. The highest BCUT2D eigenvalue weighted by atomic mass is 32.2. The van der Waals surface area contributed by atoms with Gasteiger partial charge in [-0.25, -0.2) is 0 Å². The molecule has 0 N–H and O–H groups in total. The number of carbonyl (C=O) groups excluding carboxylic acids is 1. The zero-order valence-corrected chi connectivity index (χ0v) is 13.4. The zero-order valence-electron chi connectivity index (χ0n) is 12.6. The van der Waals surface area contributed by atoms with Gasteiger partial charge in [0.15, 0.2) is 0 Å². The van der Waals surface area contributed by atoms with E-state index in [1.165, 1.54) is 5.56 Å². The van der Waals surface area contributed by atoms with E-state index in [2.05, 4.69) is 17.9 Å². The third-order valence-electron chi connectivity index (χ3n) is 4.19. The molecule has 1 aromatic carbocycles. The van der Waals surface area contributed by atoms with E-state index in [1.54, 1.807) is 0 Å². The molecule has 5 heteroatoms. The van der Waals surface area contributed by atoms with Gasteiger partial charge >= 0.3 is 0 Å². The number of para-hydroxylation sites is 1. The minimum atomic E-state index is 0.0545. The number of ether oxygens (including phenoxy) is 1. The first-order valence-electron chi connectivity index (χ1n) is 7.50. The van der Waals surface area contributed by atoms with Crippen molar-refractivity contribution < 1.29 is 9.53 Å². The summed E-state index contributed by atoms with van der Waals surface area (Å²) in [5.74, 6) is 3.08. The van der Waals surface area contributed by atoms with Crippen LogP contribution in [0.3, 0.4) is 0 Å². The Hall–Kier alpha value is -1.20. The molecule has 2 fully saturated rings. The van der Waals surface area contributed by atoms with Gasteiger partial charge in [0.25, 0.3) is 0 Å². The SMILES string of the molecule is CCc1ccccc1OC1CN(C(=O)[C@@H]2CSCN2C)C1. The molecule has 21 heavy (non-hydrogen) atoms. The number of nitrogens with zero attached hydrogens (tertiary/aromatic N) is 2. The maximum Gasteiger partial charge on any atom is 0.241 e. The van der Waals surface area contributed by atoms with Crippen molar-refractivity contribution in [2.45, 2.75) is 25.5 Å². The van der Waals surface area contributed by atoms with Crippen LogP contribution in [0.2, 0.25) is 0 Å². The maximum atomic E-state index is 12.4.